The Bertz CT molecular complexity index is 849. The highest BCUT2D eigenvalue weighted by Crippen LogP contribution is 2.31. The first kappa shape index (κ1) is 22.7. The molecule has 0 saturated carbocycles. The van der Waals surface area contributed by atoms with Gasteiger partial charge in [0.15, 0.2) is 0 Å². The zero-order valence-electron chi connectivity index (χ0n) is 17.3. The zero-order valence-corrected chi connectivity index (χ0v) is 17.3. The number of alkyl halides is 3. The van der Waals surface area contributed by atoms with Crippen LogP contribution in [0.15, 0.2) is 48.5 Å². The number of nitrogens with zero attached hydrogens (tertiary/aromatic N) is 2. The van der Waals surface area contributed by atoms with Crippen LogP contribution in [-0.2, 0) is 10.9 Å². The number of carbonyl (C=O) groups is 1. The molecule has 1 saturated heterocycles. The van der Waals surface area contributed by atoms with Gasteiger partial charge in [0.2, 0.25) is 0 Å². The molecule has 168 valence electrons. The Balaban J connectivity index is 1.55. The first-order valence-corrected chi connectivity index (χ1v) is 10.0. The van der Waals surface area contributed by atoms with Crippen molar-refractivity contribution in [3.05, 3.63) is 59.7 Å². The summed E-state index contributed by atoms with van der Waals surface area (Å²) in [6.45, 7) is 3.96. The summed E-state index contributed by atoms with van der Waals surface area (Å²) in [4.78, 5) is 15.8. The molecule has 1 amide bonds. The van der Waals surface area contributed by atoms with Crippen LogP contribution in [0.4, 0.5) is 23.7 Å². The van der Waals surface area contributed by atoms with Crippen molar-refractivity contribution in [2.45, 2.75) is 18.7 Å². The molecule has 0 radical (unpaired) electrons. The summed E-state index contributed by atoms with van der Waals surface area (Å²) in [5.74, 6) is 0.811. The molecule has 1 unspecified atom stereocenters. The van der Waals surface area contributed by atoms with Crippen LogP contribution in [0.3, 0.4) is 0 Å². The molecule has 0 spiro atoms. The van der Waals surface area contributed by atoms with Gasteiger partial charge in [-0.3, -0.25) is 4.90 Å². The van der Waals surface area contributed by atoms with E-state index in [0.29, 0.717) is 18.5 Å². The van der Waals surface area contributed by atoms with Gasteiger partial charge in [-0.2, -0.15) is 13.2 Å². The standard InChI is InChI=1S/C22H26F3N3O3/c1-30-19-8-6-18(7-9-19)28-14-12-27(13-15-28)11-10-20(31-21(26)29)16-2-4-17(5-3-16)22(23,24)25/h2-9,20H,10-15H2,1H3,(H2,26,29). The summed E-state index contributed by atoms with van der Waals surface area (Å²) in [5, 5.41) is 0. The molecule has 1 heterocycles. The van der Waals surface area contributed by atoms with Gasteiger partial charge in [0, 0.05) is 44.8 Å². The predicted octanol–water partition coefficient (Wildman–Crippen LogP) is 4.06. The summed E-state index contributed by atoms with van der Waals surface area (Å²) in [6.07, 6.45) is -5.62. The maximum atomic E-state index is 12.8. The third kappa shape index (κ3) is 6.27. The van der Waals surface area contributed by atoms with E-state index in [4.69, 9.17) is 15.2 Å². The topological polar surface area (TPSA) is 68.0 Å². The molecule has 2 aromatic rings. The van der Waals surface area contributed by atoms with E-state index in [1.807, 2.05) is 24.3 Å². The smallest absolute Gasteiger partial charge is 0.416 e. The molecule has 3 rings (SSSR count). The predicted molar refractivity (Wildman–Crippen MR) is 111 cm³/mol. The monoisotopic (exact) mass is 437 g/mol. The van der Waals surface area contributed by atoms with Crippen molar-refractivity contribution in [1.82, 2.24) is 4.90 Å². The second kappa shape index (κ2) is 9.91. The van der Waals surface area contributed by atoms with E-state index < -0.39 is 23.9 Å². The molecule has 0 aliphatic carbocycles. The zero-order chi connectivity index (χ0) is 22.4. The van der Waals surface area contributed by atoms with Gasteiger partial charge in [-0.25, -0.2) is 4.79 Å². The average molecular weight is 437 g/mol. The Labute approximate surface area is 179 Å². The van der Waals surface area contributed by atoms with E-state index >= 15 is 0 Å². The SMILES string of the molecule is COc1ccc(N2CCN(CCC(OC(N)=O)c3ccc(C(F)(F)F)cc3)CC2)cc1. The van der Waals surface area contributed by atoms with Gasteiger partial charge in [0.05, 0.1) is 12.7 Å². The van der Waals surface area contributed by atoms with Crippen LogP contribution in [-0.4, -0.2) is 50.8 Å². The quantitative estimate of drug-likeness (QED) is 0.708. The molecular formula is C22H26F3N3O3. The second-order valence-corrected chi connectivity index (χ2v) is 7.36. The first-order chi connectivity index (χ1) is 14.8. The van der Waals surface area contributed by atoms with E-state index in [0.717, 1.165) is 49.7 Å². The van der Waals surface area contributed by atoms with E-state index in [-0.39, 0.29) is 0 Å². The number of carbonyl (C=O) groups excluding carboxylic acids is 1. The van der Waals surface area contributed by atoms with E-state index in [1.54, 1.807) is 7.11 Å². The van der Waals surface area contributed by atoms with Crippen molar-refractivity contribution < 1.29 is 27.4 Å². The molecule has 31 heavy (non-hydrogen) atoms. The Morgan fingerprint density at radius 3 is 2.16 bits per heavy atom. The molecule has 9 heteroatoms. The summed E-state index contributed by atoms with van der Waals surface area (Å²) >= 11 is 0. The number of hydrogen-bond donors (Lipinski definition) is 1. The van der Waals surface area contributed by atoms with Gasteiger partial charge in [-0.05, 0) is 42.0 Å². The van der Waals surface area contributed by atoms with Crippen LogP contribution in [0, 0.1) is 0 Å². The van der Waals surface area contributed by atoms with E-state index in [9.17, 15) is 18.0 Å². The highest BCUT2D eigenvalue weighted by atomic mass is 19.4. The number of primary amides is 1. The number of hydrogen-bond acceptors (Lipinski definition) is 5. The third-order valence-electron chi connectivity index (χ3n) is 5.39. The Morgan fingerprint density at radius 2 is 1.65 bits per heavy atom. The van der Waals surface area contributed by atoms with Crippen LogP contribution in [0.2, 0.25) is 0 Å². The van der Waals surface area contributed by atoms with Crippen molar-refractivity contribution in [3.63, 3.8) is 0 Å². The normalized spacial score (nSPS) is 16.1. The largest absolute Gasteiger partial charge is 0.497 e. The Kier molecular flexibility index (Phi) is 7.27. The molecule has 1 atom stereocenters. The number of nitrogens with two attached hydrogens (primary N) is 1. The second-order valence-electron chi connectivity index (χ2n) is 7.36. The summed E-state index contributed by atoms with van der Waals surface area (Å²) < 4.78 is 48.7. The van der Waals surface area contributed by atoms with Crippen molar-refractivity contribution >= 4 is 11.8 Å². The number of amides is 1. The van der Waals surface area contributed by atoms with Crippen LogP contribution in [0.5, 0.6) is 5.75 Å². The Hall–Kier alpha value is -2.94. The molecule has 1 aliphatic rings. The number of halogens is 3. The summed E-state index contributed by atoms with van der Waals surface area (Å²) in [7, 11) is 1.63. The fourth-order valence-electron chi connectivity index (χ4n) is 3.64. The van der Waals surface area contributed by atoms with Crippen molar-refractivity contribution in [2.24, 2.45) is 5.73 Å². The highest BCUT2D eigenvalue weighted by molar-refractivity contribution is 5.65. The number of piperazine rings is 1. The lowest BCUT2D eigenvalue weighted by Crippen LogP contribution is -2.46. The molecule has 0 aromatic heterocycles. The van der Waals surface area contributed by atoms with Crippen LogP contribution >= 0.6 is 0 Å². The number of benzene rings is 2. The number of ether oxygens (including phenoxy) is 2. The van der Waals surface area contributed by atoms with Gasteiger partial charge >= 0.3 is 12.3 Å². The first-order valence-electron chi connectivity index (χ1n) is 10.0. The molecule has 6 nitrogen and oxygen atoms in total. The lowest BCUT2D eigenvalue weighted by molar-refractivity contribution is -0.137. The van der Waals surface area contributed by atoms with Crippen molar-refractivity contribution in [3.8, 4) is 5.75 Å². The minimum absolute atomic E-state index is 0.441. The van der Waals surface area contributed by atoms with Gasteiger partial charge in [-0.15, -0.1) is 0 Å². The molecule has 0 bridgehead atoms. The van der Waals surface area contributed by atoms with E-state index in [2.05, 4.69) is 9.80 Å². The van der Waals surface area contributed by atoms with Crippen LogP contribution in [0.25, 0.3) is 0 Å². The van der Waals surface area contributed by atoms with Crippen LogP contribution in [0.1, 0.15) is 23.7 Å². The fourth-order valence-corrected chi connectivity index (χ4v) is 3.64. The fraction of sp³-hybridized carbons (Fsp3) is 0.409. The minimum atomic E-state index is -4.41. The van der Waals surface area contributed by atoms with Crippen molar-refractivity contribution in [1.29, 1.82) is 0 Å². The summed E-state index contributed by atoms with van der Waals surface area (Å²) in [5.41, 5.74) is 6.04. The lowest BCUT2D eigenvalue weighted by atomic mass is 10.0. The number of methoxy groups -OCH3 is 1. The maximum Gasteiger partial charge on any atom is 0.416 e. The average Bonchev–Trinajstić information content (AvgIpc) is 2.76. The van der Waals surface area contributed by atoms with Gasteiger partial charge in [-0.1, -0.05) is 12.1 Å². The maximum absolute atomic E-state index is 12.8. The van der Waals surface area contributed by atoms with Crippen LogP contribution < -0.4 is 15.4 Å². The molecule has 1 fully saturated rings. The molecule has 1 aliphatic heterocycles. The van der Waals surface area contributed by atoms with Gasteiger partial charge in [0.1, 0.15) is 11.9 Å². The van der Waals surface area contributed by atoms with Gasteiger partial charge in [0.25, 0.3) is 0 Å². The molecule has 2 aromatic carbocycles. The Morgan fingerprint density at radius 1 is 1.03 bits per heavy atom. The minimum Gasteiger partial charge on any atom is -0.497 e. The highest BCUT2D eigenvalue weighted by Gasteiger charge is 2.30. The number of rotatable bonds is 7. The third-order valence-corrected chi connectivity index (χ3v) is 5.39. The molecular weight excluding hydrogens is 411 g/mol. The summed E-state index contributed by atoms with van der Waals surface area (Å²) in [6, 6.07) is 12.5. The van der Waals surface area contributed by atoms with Gasteiger partial charge < -0.3 is 20.1 Å². The van der Waals surface area contributed by atoms with Crippen molar-refractivity contribution in [2.75, 3.05) is 44.7 Å². The lowest BCUT2D eigenvalue weighted by Gasteiger charge is -2.36. The molecule has 2 N–H and O–H groups in total. The van der Waals surface area contributed by atoms with E-state index in [1.165, 1.54) is 12.1 Å². The number of anilines is 1.